The maximum Gasteiger partial charge on any atom is 0.257 e. The number of rotatable bonds is 7. The average Bonchev–Trinajstić information content (AvgIpc) is 3.22. The van der Waals surface area contributed by atoms with Crippen molar-refractivity contribution in [2.75, 3.05) is 50.8 Å². The Bertz CT molecular complexity index is 1050. The maximum atomic E-state index is 12.0. The lowest BCUT2D eigenvalue weighted by atomic mass is 10.1. The first-order valence-electron chi connectivity index (χ1n) is 10.5. The van der Waals surface area contributed by atoms with Crippen LogP contribution in [0.25, 0.3) is 10.2 Å². The number of nitrogens with one attached hydrogen (secondary N) is 1. The second-order valence-electron chi connectivity index (χ2n) is 7.77. The summed E-state index contributed by atoms with van der Waals surface area (Å²) in [6.07, 6.45) is 0. The molecular formula is C23H27ClN4O2S. The van der Waals surface area contributed by atoms with Crippen molar-refractivity contribution in [1.82, 2.24) is 15.2 Å². The first kappa shape index (κ1) is 21.9. The molecule has 4 rings (SSSR count). The summed E-state index contributed by atoms with van der Waals surface area (Å²) in [5, 5.41) is 4.68. The summed E-state index contributed by atoms with van der Waals surface area (Å²) < 4.78 is 6.73. The van der Waals surface area contributed by atoms with Gasteiger partial charge in [0.15, 0.2) is 11.7 Å². The van der Waals surface area contributed by atoms with E-state index in [0.29, 0.717) is 17.3 Å². The van der Waals surface area contributed by atoms with Crippen LogP contribution in [0.5, 0.6) is 5.75 Å². The molecule has 0 bridgehead atoms. The second-order valence-corrected chi connectivity index (χ2v) is 9.22. The zero-order valence-electron chi connectivity index (χ0n) is 17.9. The summed E-state index contributed by atoms with van der Waals surface area (Å²) in [6.45, 7) is 9.56. The Hall–Kier alpha value is -2.35. The van der Waals surface area contributed by atoms with Crippen LogP contribution in [0.3, 0.4) is 0 Å². The van der Waals surface area contributed by atoms with Gasteiger partial charge in [0, 0.05) is 44.3 Å². The quantitative estimate of drug-likeness (QED) is 0.582. The van der Waals surface area contributed by atoms with Gasteiger partial charge in [0.2, 0.25) is 0 Å². The number of piperazine rings is 1. The van der Waals surface area contributed by atoms with E-state index in [1.165, 1.54) is 15.8 Å². The van der Waals surface area contributed by atoms with E-state index >= 15 is 0 Å². The molecule has 1 aromatic heterocycles. The Balaban J connectivity index is 1.19. The van der Waals surface area contributed by atoms with Crippen LogP contribution in [0.15, 0.2) is 36.4 Å². The number of aryl methyl sites for hydroxylation is 2. The number of carbonyl (C=O) groups excluding carboxylic acids is 1. The van der Waals surface area contributed by atoms with Crippen LogP contribution in [0, 0.1) is 13.8 Å². The normalized spacial score (nSPS) is 14.7. The first-order chi connectivity index (χ1) is 15.0. The van der Waals surface area contributed by atoms with Crippen molar-refractivity contribution < 1.29 is 9.53 Å². The molecule has 1 aliphatic rings. The molecule has 0 radical (unpaired) electrons. The third kappa shape index (κ3) is 5.47. The molecule has 1 N–H and O–H groups in total. The molecular weight excluding hydrogens is 432 g/mol. The van der Waals surface area contributed by atoms with E-state index in [-0.39, 0.29) is 12.5 Å². The fraction of sp³-hybridized carbons (Fsp3) is 0.391. The molecule has 8 heteroatoms. The van der Waals surface area contributed by atoms with E-state index < -0.39 is 0 Å². The van der Waals surface area contributed by atoms with Crippen molar-refractivity contribution in [3.8, 4) is 5.75 Å². The lowest BCUT2D eigenvalue weighted by Gasteiger charge is -2.34. The minimum Gasteiger partial charge on any atom is -0.484 e. The number of carbonyl (C=O) groups is 1. The number of hydrogen-bond donors (Lipinski definition) is 1. The van der Waals surface area contributed by atoms with Crippen molar-refractivity contribution in [1.29, 1.82) is 0 Å². The number of ether oxygens (including phenoxy) is 1. The average molecular weight is 459 g/mol. The Morgan fingerprint density at radius 1 is 1.13 bits per heavy atom. The van der Waals surface area contributed by atoms with Gasteiger partial charge in [0.1, 0.15) is 5.75 Å². The van der Waals surface area contributed by atoms with Gasteiger partial charge in [-0.05, 0) is 55.3 Å². The monoisotopic (exact) mass is 458 g/mol. The van der Waals surface area contributed by atoms with Gasteiger partial charge in [0.05, 0.1) is 10.2 Å². The zero-order chi connectivity index (χ0) is 21.8. The number of benzene rings is 2. The van der Waals surface area contributed by atoms with Gasteiger partial charge in [-0.3, -0.25) is 9.69 Å². The van der Waals surface area contributed by atoms with E-state index in [9.17, 15) is 4.79 Å². The van der Waals surface area contributed by atoms with E-state index in [1.54, 1.807) is 35.6 Å². The Labute approximate surface area is 191 Å². The Morgan fingerprint density at radius 3 is 2.61 bits per heavy atom. The number of amides is 1. The Kier molecular flexibility index (Phi) is 6.95. The highest BCUT2D eigenvalue weighted by Gasteiger charge is 2.20. The predicted molar refractivity (Wildman–Crippen MR) is 128 cm³/mol. The summed E-state index contributed by atoms with van der Waals surface area (Å²) in [5.41, 5.74) is 3.69. The van der Waals surface area contributed by atoms with Gasteiger partial charge in [-0.1, -0.05) is 29.0 Å². The van der Waals surface area contributed by atoms with Crippen LogP contribution in [-0.2, 0) is 4.79 Å². The number of fused-ring (bicyclic) bond motifs is 1. The second kappa shape index (κ2) is 9.85. The van der Waals surface area contributed by atoms with Gasteiger partial charge in [-0.25, -0.2) is 4.98 Å². The summed E-state index contributed by atoms with van der Waals surface area (Å²) >= 11 is 7.62. The smallest absolute Gasteiger partial charge is 0.257 e. The molecule has 0 saturated carbocycles. The topological polar surface area (TPSA) is 57.7 Å². The van der Waals surface area contributed by atoms with Gasteiger partial charge >= 0.3 is 0 Å². The standard InChI is InChI=1S/C23H27ClN4O2S/c1-16-3-8-20-22(17(16)2)26-23(31-20)28-13-11-27(12-14-28)10-9-25-21(29)15-30-19-6-4-18(24)5-7-19/h3-8H,9-15H2,1-2H3,(H,25,29). The largest absolute Gasteiger partial charge is 0.484 e. The van der Waals surface area contributed by atoms with Crippen LogP contribution in [0.1, 0.15) is 11.1 Å². The molecule has 0 spiro atoms. The fourth-order valence-electron chi connectivity index (χ4n) is 3.60. The molecule has 3 aromatic rings. The summed E-state index contributed by atoms with van der Waals surface area (Å²) in [7, 11) is 0. The molecule has 2 heterocycles. The minimum atomic E-state index is -0.117. The van der Waals surface area contributed by atoms with Crippen molar-refractivity contribution in [3.05, 3.63) is 52.5 Å². The molecule has 31 heavy (non-hydrogen) atoms. The number of hydrogen-bond acceptors (Lipinski definition) is 6. The van der Waals surface area contributed by atoms with Gasteiger partial charge in [-0.2, -0.15) is 0 Å². The molecule has 0 aliphatic carbocycles. The molecule has 1 aliphatic heterocycles. The van der Waals surface area contributed by atoms with Crippen molar-refractivity contribution in [3.63, 3.8) is 0 Å². The number of anilines is 1. The third-order valence-electron chi connectivity index (χ3n) is 5.65. The van der Waals surface area contributed by atoms with Crippen LogP contribution in [-0.4, -0.2) is 61.7 Å². The van der Waals surface area contributed by atoms with Crippen LogP contribution in [0.2, 0.25) is 5.02 Å². The van der Waals surface area contributed by atoms with Crippen LogP contribution >= 0.6 is 22.9 Å². The van der Waals surface area contributed by atoms with E-state index in [1.807, 2.05) is 0 Å². The number of nitrogens with zero attached hydrogens (tertiary/aromatic N) is 3. The lowest BCUT2D eigenvalue weighted by molar-refractivity contribution is -0.123. The lowest BCUT2D eigenvalue weighted by Crippen LogP contribution is -2.48. The molecule has 1 fully saturated rings. The number of aromatic nitrogens is 1. The highest BCUT2D eigenvalue weighted by molar-refractivity contribution is 7.22. The summed E-state index contributed by atoms with van der Waals surface area (Å²) in [6, 6.07) is 11.3. The Morgan fingerprint density at radius 2 is 1.87 bits per heavy atom. The van der Waals surface area contributed by atoms with Crippen LogP contribution in [0.4, 0.5) is 5.13 Å². The van der Waals surface area contributed by atoms with Crippen LogP contribution < -0.4 is 15.0 Å². The highest BCUT2D eigenvalue weighted by atomic mass is 35.5. The van der Waals surface area contributed by atoms with Crippen molar-refractivity contribution in [2.45, 2.75) is 13.8 Å². The maximum absolute atomic E-state index is 12.0. The van der Waals surface area contributed by atoms with Crippen molar-refractivity contribution in [2.24, 2.45) is 0 Å². The zero-order valence-corrected chi connectivity index (χ0v) is 19.4. The molecule has 2 aromatic carbocycles. The van der Waals surface area contributed by atoms with Gasteiger partial charge in [0.25, 0.3) is 5.91 Å². The highest BCUT2D eigenvalue weighted by Crippen LogP contribution is 2.32. The van der Waals surface area contributed by atoms with E-state index in [4.69, 9.17) is 21.3 Å². The molecule has 1 amide bonds. The van der Waals surface area contributed by atoms with Gasteiger partial charge in [-0.15, -0.1) is 0 Å². The summed E-state index contributed by atoms with van der Waals surface area (Å²) in [4.78, 5) is 21.7. The molecule has 6 nitrogen and oxygen atoms in total. The SMILES string of the molecule is Cc1ccc2sc(N3CCN(CCNC(=O)COc4ccc(Cl)cc4)CC3)nc2c1C. The summed E-state index contributed by atoms with van der Waals surface area (Å²) in [5.74, 6) is 0.518. The first-order valence-corrected chi connectivity index (χ1v) is 11.7. The third-order valence-corrected chi connectivity index (χ3v) is 6.98. The predicted octanol–water partition coefficient (Wildman–Crippen LogP) is 3.88. The number of halogens is 1. The van der Waals surface area contributed by atoms with E-state index in [0.717, 1.165) is 43.4 Å². The molecule has 1 saturated heterocycles. The molecule has 164 valence electrons. The molecule has 0 unspecified atom stereocenters. The van der Waals surface area contributed by atoms with Gasteiger partial charge < -0.3 is 15.0 Å². The number of thiazole rings is 1. The van der Waals surface area contributed by atoms with Crippen molar-refractivity contribution >= 4 is 44.2 Å². The van der Waals surface area contributed by atoms with E-state index in [2.05, 4.69) is 41.1 Å². The molecule has 0 atom stereocenters. The fourth-order valence-corrected chi connectivity index (χ4v) is 4.80. The minimum absolute atomic E-state index is 0.00586.